The fourth-order valence-corrected chi connectivity index (χ4v) is 2.99. The molecule has 2 rings (SSSR count). The Bertz CT molecular complexity index is 868. The molecule has 0 amide bonds. The maximum Gasteiger partial charge on any atom is 0.245 e. The molecule has 0 heterocycles. The number of benzene rings is 2. The monoisotopic (exact) mass is 349 g/mol. The van der Waals surface area contributed by atoms with Crippen molar-refractivity contribution in [2.45, 2.75) is 4.90 Å². The van der Waals surface area contributed by atoms with Crippen molar-refractivity contribution in [2.24, 2.45) is 0 Å². The molecule has 5 nitrogen and oxygen atoms in total. The number of rotatable bonds is 5. The number of halogens is 1. The Kier molecular flexibility index (Phi) is 5.79. The standard InChI is InChI=1S/C17H16FNO4S/c1-22-15-9-10-16(23-2)17(12-15)24(20,21)19-11-3-4-13-5-7-14(18)8-6-13/h5-10,12,19H,11H2,1-2H3. The largest absolute Gasteiger partial charge is 0.497 e. The maximum atomic E-state index is 12.8. The van der Waals surface area contributed by atoms with Crippen LogP contribution < -0.4 is 14.2 Å². The van der Waals surface area contributed by atoms with E-state index >= 15 is 0 Å². The van der Waals surface area contributed by atoms with Gasteiger partial charge in [-0.15, -0.1) is 0 Å². The van der Waals surface area contributed by atoms with Crippen LogP contribution in [0.5, 0.6) is 11.5 Å². The summed E-state index contributed by atoms with van der Waals surface area (Å²) in [5, 5.41) is 0. The van der Waals surface area contributed by atoms with Crippen LogP contribution in [0.4, 0.5) is 4.39 Å². The number of sulfonamides is 1. The number of nitrogens with one attached hydrogen (secondary N) is 1. The van der Waals surface area contributed by atoms with Crippen molar-refractivity contribution in [3.05, 3.63) is 53.8 Å². The van der Waals surface area contributed by atoms with E-state index in [-0.39, 0.29) is 23.0 Å². The highest BCUT2D eigenvalue weighted by atomic mass is 32.2. The van der Waals surface area contributed by atoms with Gasteiger partial charge in [0.25, 0.3) is 0 Å². The molecule has 1 N–H and O–H groups in total. The lowest BCUT2D eigenvalue weighted by Crippen LogP contribution is -2.24. The average Bonchev–Trinajstić information content (AvgIpc) is 2.59. The maximum absolute atomic E-state index is 12.8. The molecule has 0 spiro atoms. The summed E-state index contributed by atoms with van der Waals surface area (Å²) in [4.78, 5) is -0.0343. The van der Waals surface area contributed by atoms with Crippen LogP contribution in [0.25, 0.3) is 0 Å². The van der Waals surface area contributed by atoms with Gasteiger partial charge in [0.05, 0.1) is 20.8 Å². The molecule has 0 aromatic heterocycles. The van der Waals surface area contributed by atoms with Crippen molar-refractivity contribution >= 4 is 10.0 Å². The molecule has 0 aliphatic heterocycles. The van der Waals surface area contributed by atoms with E-state index in [4.69, 9.17) is 9.47 Å². The predicted octanol–water partition coefficient (Wildman–Crippen LogP) is 2.17. The average molecular weight is 349 g/mol. The molecule has 0 aliphatic carbocycles. The van der Waals surface area contributed by atoms with Crippen LogP contribution >= 0.6 is 0 Å². The normalized spacial score (nSPS) is 10.6. The Hall–Kier alpha value is -2.56. The molecule has 2 aromatic rings. The Morgan fingerprint density at radius 1 is 1.08 bits per heavy atom. The van der Waals surface area contributed by atoms with E-state index in [2.05, 4.69) is 16.6 Å². The predicted molar refractivity (Wildman–Crippen MR) is 88.0 cm³/mol. The smallest absolute Gasteiger partial charge is 0.245 e. The summed E-state index contributed by atoms with van der Waals surface area (Å²) in [5.74, 6) is 5.67. The quantitative estimate of drug-likeness (QED) is 0.841. The number of hydrogen-bond acceptors (Lipinski definition) is 4. The highest BCUT2D eigenvalue weighted by Crippen LogP contribution is 2.27. The Balaban J connectivity index is 2.13. The minimum atomic E-state index is -3.81. The Morgan fingerprint density at radius 3 is 2.42 bits per heavy atom. The third-order valence-corrected chi connectivity index (χ3v) is 4.51. The number of ether oxygens (including phenoxy) is 2. The van der Waals surface area contributed by atoms with Gasteiger partial charge < -0.3 is 9.47 Å². The lowest BCUT2D eigenvalue weighted by atomic mass is 10.2. The fraction of sp³-hybridized carbons (Fsp3) is 0.176. The zero-order chi connectivity index (χ0) is 17.6. The first-order valence-electron chi connectivity index (χ1n) is 6.92. The van der Waals surface area contributed by atoms with Gasteiger partial charge in [-0.2, -0.15) is 4.72 Å². The number of hydrogen-bond donors (Lipinski definition) is 1. The van der Waals surface area contributed by atoms with Gasteiger partial charge >= 0.3 is 0 Å². The first kappa shape index (κ1) is 17.8. The van der Waals surface area contributed by atoms with Crippen molar-refractivity contribution in [1.29, 1.82) is 0 Å². The Labute approximate surface area is 140 Å². The molecule has 0 atom stereocenters. The van der Waals surface area contributed by atoms with Crippen molar-refractivity contribution in [2.75, 3.05) is 20.8 Å². The van der Waals surface area contributed by atoms with Crippen LogP contribution in [-0.2, 0) is 10.0 Å². The van der Waals surface area contributed by atoms with E-state index in [0.29, 0.717) is 11.3 Å². The van der Waals surface area contributed by atoms with Crippen molar-refractivity contribution in [3.8, 4) is 23.3 Å². The van der Waals surface area contributed by atoms with Gasteiger partial charge in [0.1, 0.15) is 22.2 Å². The van der Waals surface area contributed by atoms with E-state index in [0.717, 1.165) is 0 Å². The lowest BCUT2D eigenvalue weighted by Gasteiger charge is -2.10. The highest BCUT2D eigenvalue weighted by molar-refractivity contribution is 7.89. The van der Waals surface area contributed by atoms with Crippen LogP contribution in [0.2, 0.25) is 0 Å². The summed E-state index contributed by atoms with van der Waals surface area (Å²) >= 11 is 0. The van der Waals surface area contributed by atoms with Gasteiger partial charge in [0.2, 0.25) is 10.0 Å². The van der Waals surface area contributed by atoms with Crippen LogP contribution in [-0.4, -0.2) is 29.2 Å². The first-order valence-corrected chi connectivity index (χ1v) is 8.40. The van der Waals surface area contributed by atoms with Gasteiger partial charge in [-0.25, -0.2) is 12.8 Å². The molecular formula is C17H16FNO4S. The summed E-state index contributed by atoms with van der Waals surface area (Å²) in [6, 6.07) is 10.1. The third-order valence-electron chi connectivity index (χ3n) is 3.09. The molecule has 0 fully saturated rings. The molecule has 0 saturated heterocycles. The van der Waals surface area contributed by atoms with Crippen molar-refractivity contribution in [3.63, 3.8) is 0 Å². The molecule has 0 bridgehead atoms. The summed E-state index contributed by atoms with van der Waals surface area (Å²) in [5.41, 5.74) is 0.592. The fourth-order valence-electron chi connectivity index (χ4n) is 1.88. The molecule has 0 saturated carbocycles. The van der Waals surface area contributed by atoms with Crippen molar-refractivity contribution in [1.82, 2.24) is 4.72 Å². The van der Waals surface area contributed by atoms with E-state index < -0.39 is 10.0 Å². The molecule has 0 unspecified atom stereocenters. The second-order valence-corrected chi connectivity index (χ2v) is 6.39. The summed E-state index contributed by atoms with van der Waals surface area (Å²) in [6.07, 6.45) is 0. The first-order chi connectivity index (χ1) is 11.5. The van der Waals surface area contributed by atoms with Crippen LogP contribution in [0.15, 0.2) is 47.4 Å². The lowest BCUT2D eigenvalue weighted by molar-refractivity contribution is 0.392. The van der Waals surface area contributed by atoms with Gasteiger partial charge in [-0.3, -0.25) is 0 Å². The minimum Gasteiger partial charge on any atom is -0.497 e. The highest BCUT2D eigenvalue weighted by Gasteiger charge is 2.19. The van der Waals surface area contributed by atoms with Crippen LogP contribution in [0.1, 0.15) is 5.56 Å². The molecule has 7 heteroatoms. The SMILES string of the molecule is COc1ccc(OC)c(S(=O)(=O)NCC#Cc2ccc(F)cc2)c1. The molecule has 0 aliphatic rings. The molecular weight excluding hydrogens is 333 g/mol. The second-order valence-electron chi connectivity index (χ2n) is 4.65. The molecule has 0 radical (unpaired) electrons. The third kappa shape index (κ3) is 4.47. The van der Waals surface area contributed by atoms with Crippen LogP contribution in [0, 0.1) is 17.7 Å². The van der Waals surface area contributed by atoms with Gasteiger partial charge in [-0.1, -0.05) is 11.8 Å². The zero-order valence-electron chi connectivity index (χ0n) is 13.2. The summed E-state index contributed by atoms with van der Waals surface area (Å²) in [6.45, 7) is -0.0971. The van der Waals surface area contributed by atoms with E-state index in [9.17, 15) is 12.8 Å². The second kappa shape index (κ2) is 7.81. The topological polar surface area (TPSA) is 64.6 Å². The molecule has 126 valence electrons. The Morgan fingerprint density at radius 2 is 1.79 bits per heavy atom. The molecule has 2 aromatic carbocycles. The minimum absolute atomic E-state index is 0.0343. The van der Waals surface area contributed by atoms with E-state index in [1.165, 1.54) is 50.6 Å². The summed E-state index contributed by atoms with van der Waals surface area (Å²) in [7, 11) is -0.986. The van der Waals surface area contributed by atoms with Crippen molar-refractivity contribution < 1.29 is 22.3 Å². The number of methoxy groups -OCH3 is 2. The van der Waals surface area contributed by atoms with Gasteiger partial charge in [-0.05, 0) is 36.4 Å². The molecule has 24 heavy (non-hydrogen) atoms. The van der Waals surface area contributed by atoms with E-state index in [1.807, 2.05) is 0 Å². The van der Waals surface area contributed by atoms with Gasteiger partial charge in [0.15, 0.2) is 0 Å². The van der Waals surface area contributed by atoms with Crippen LogP contribution in [0.3, 0.4) is 0 Å². The van der Waals surface area contributed by atoms with E-state index in [1.54, 1.807) is 6.07 Å². The van der Waals surface area contributed by atoms with Gasteiger partial charge in [0, 0.05) is 11.6 Å². The zero-order valence-corrected chi connectivity index (χ0v) is 14.0. The summed E-state index contributed by atoms with van der Waals surface area (Å²) < 4.78 is 50.0.